The molecule has 2 aliphatic rings. The monoisotopic (exact) mass is 544 g/mol. The van der Waals surface area contributed by atoms with E-state index in [2.05, 4.69) is 10.6 Å². The summed E-state index contributed by atoms with van der Waals surface area (Å²) in [5, 5.41) is 17.8. The van der Waals surface area contributed by atoms with E-state index in [0.29, 0.717) is 23.5 Å². The fraction of sp³-hybridized carbons (Fsp3) is 0.387. The van der Waals surface area contributed by atoms with E-state index in [4.69, 9.17) is 4.74 Å². The molecule has 0 saturated heterocycles. The van der Waals surface area contributed by atoms with Crippen molar-refractivity contribution in [3.05, 3.63) is 66.2 Å². The number of nitrogens with one attached hydrogen (secondary N) is 2. The largest absolute Gasteiger partial charge is 0.485 e. The molecule has 1 aliphatic heterocycles. The van der Waals surface area contributed by atoms with Crippen molar-refractivity contribution in [3.8, 4) is 5.75 Å². The topological polar surface area (TPSA) is 111 Å². The standard InChI is InChI=1S/C31H36N4O5/c1-19-16-35(20(2)18-36)30(38)24-11-7-13-26(32-29(37)22-14-15-22)28(24)40-27(19)17-34(3)31(39)33-25-12-6-9-21-8-4-5-10-23(21)25/h4-13,19-20,22,27,36H,14-18H2,1-3H3,(H,32,37)(H,33,39)/t19-,20-,27-/m1/s1. The van der Waals surface area contributed by atoms with Gasteiger partial charge in [0, 0.05) is 30.8 Å². The Morgan fingerprint density at radius 3 is 2.50 bits per heavy atom. The van der Waals surface area contributed by atoms with Crippen LogP contribution in [0.25, 0.3) is 10.8 Å². The zero-order chi connectivity index (χ0) is 28.4. The van der Waals surface area contributed by atoms with E-state index in [9.17, 15) is 19.5 Å². The number of amides is 4. The molecule has 0 aromatic heterocycles. The van der Waals surface area contributed by atoms with Gasteiger partial charge in [0.1, 0.15) is 6.10 Å². The second-order valence-electron chi connectivity index (χ2n) is 10.9. The van der Waals surface area contributed by atoms with Crippen molar-refractivity contribution >= 4 is 40.0 Å². The molecule has 40 heavy (non-hydrogen) atoms. The van der Waals surface area contributed by atoms with E-state index in [-0.39, 0.29) is 48.6 Å². The Kier molecular flexibility index (Phi) is 7.93. The molecule has 1 saturated carbocycles. The minimum atomic E-state index is -0.498. The second kappa shape index (κ2) is 11.6. The highest BCUT2D eigenvalue weighted by Gasteiger charge is 2.36. The lowest BCUT2D eigenvalue weighted by Crippen LogP contribution is -2.50. The molecule has 1 fully saturated rings. The summed E-state index contributed by atoms with van der Waals surface area (Å²) in [6, 6.07) is 18.0. The molecule has 3 atom stereocenters. The van der Waals surface area contributed by atoms with E-state index in [0.717, 1.165) is 23.6 Å². The second-order valence-corrected chi connectivity index (χ2v) is 10.9. The molecule has 0 radical (unpaired) electrons. The summed E-state index contributed by atoms with van der Waals surface area (Å²) in [5.74, 6) is -0.290. The molecular weight excluding hydrogens is 508 g/mol. The molecule has 1 heterocycles. The maximum Gasteiger partial charge on any atom is 0.321 e. The lowest BCUT2D eigenvalue weighted by molar-refractivity contribution is -0.117. The van der Waals surface area contributed by atoms with Gasteiger partial charge in [0.2, 0.25) is 5.91 Å². The lowest BCUT2D eigenvalue weighted by Gasteiger charge is -2.38. The third-order valence-corrected chi connectivity index (χ3v) is 7.73. The minimum Gasteiger partial charge on any atom is -0.485 e. The lowest BCUT2D eigenvalue weighted by atomic mass is 9.99. The van der Waals surface area contributed by atoms with Gasteiger partial charge in [-0.05, 0) is 43.4 Å². The third kappa shape index (κ3) is 5.74. The number of anilines is 2. The van der Waals surface area contributed by atoms with Crippen molar-refractivity contribution in [1.82, 2.24) is 9.80 Å². The molecule has 210 valence electrons. The van der Waals surface area contributed by atoms with Crippen LogP contribution in [0.15, 0.2) is 60.7 Å². The van der Waals surface area contributed by atoms with Gasteiger partial charge < -0.3 is 30.3 Å². The Balaban J connectivity index is 1.42. The quantitative estimate of drug-likeness (QED) is 0.404. The number of carbonyl (C=O) groups is 3. The molecule has 0 bridgehead atoms. The molecule has 3 N–H and O–H groups in total. The number of nitrogens with zero attached hydrogens (tertiary/aromatic N) is 2. The van der Waals surface area contributed by atoms with Crippen LogP contribution >= 0.6 is 0 Å². The van der Waals surface area contributed by atoms with Crippen LogP contribution in [0, 0.1) is 11.8 Å². The van der Waals surface area contributed by atoms with Crippen LogP contribution in [0.4, 0.5) is 16.2 Å². The van der Waals surface area contributed by atoms with Crippen molar-refractivity contribution < 1.29 is 24.2 Å². The van der Waals surface area contributed by atoms with E-state index in [1.807, 2.05) is 49.4 Å². The average Bonchev–Trinajstić information content (AvgIpc) is 3.81. The van der Waals surface area contributed by atoms with Gasteiger partial charge in [0.05, 0.1) is 36.1 Å². The van der Waals surface area contributed by atoms with Gasteiger partial charge in [-0.3, -0.25) is 9.59 Å². The minimum absolute atomic E-state index is 0.0235. The highest BCUT2D eigenvalue weighted by atomic mass is 16.5. The van der Waals surface area contributed by atoms with E-state index < -0.39 is 12.1 Å². The normalized spacial score (nSPS) is 19.6. The molecule has 0 spiro atoms. The molecule has 5 rings (SSSR count). The van der Waals surface area contributed by atoms with Crippen LogP contribution < -0.4 is 15.4 Å². The number of para-hydroxylation sites is 1. The Hall–Kier alpha value is -4.11. The first-order chi connectivity index (χ1) is 19.3. The number of hydrogen-bond acceptors (Lipinski definition) is 5. The van der Waals surface area contributed by atoms with Crippen LogP contribution in [0.1, 0.15) is 37.0 Å². The number of aliphatic hydroxyl groups excluding tert-OH is 1. The van der Waals surface area contributed by atoms with Crippen molar-refractivity contribution in [3.63, 3.8) is 0 Å². The maximum absolute atomic E-state index is 13.6. The summed E-state index contributed by atoms with van der Waals surface area (Å²) in [7, 11) is 1.70. The zero-order valence-corrected chi connectivity index (χ0v) is 23.1. The van der Waals surface area contributed by atoms with E-state index >= 15 is 0 Å². The molecule has 9 heteroatoms. The molecule has 3 aromatic carbocycles. The summed E-state index contributed by atoms with van der Waals surface area (Å²) in [5.41, 5.74) is 1.46. The number of ether oxygens (including phenoxy) is 1. The summed E-state index contributed by atoms with van der Waals surface area (Å²) in [4.78, 5) is 42.8. The summed E-state index contributed by atoms with van der Waals surface area (Å²) in [6.45, 7) is 4.14. The number of rotatable bonds is 7. The van der Waals surface area contributed by atoms with Crippen molar-refractivity contribution in [2.75, 3.05) is 37.4 Å². The van der Waals surface area contributed by atoms with Crippen LogP contribution in [-0.2, 0) is 4.79 Å². The molecular formula is C31H36N4O5. The fourth-order valence-electron chi connectivity index (χ4n) is 5.04. The number of benzene rings is 3. The number of likely N-dealkylation sites (N-methyl/N-ethyl adjacent to an activating group) is 1. The van der Waals surface area contributed by atoms with Crippen LogP contribution in [0.5, 0.6) is 5.75 Å². The van der Waals surface area contributed by atoms with Gasteiger partial charge in [0.15, 0.2) is 5.75 Å². The molecule has 4 amide bonds. The van der Waals surface area contributed by atoms with Crippen LogP contribution in [-0.4, -0.2) is 71.6 Å². The first-order valence-corrected chi connectivity index (χ1v) is 13.8. The summed E-state index contributed by atoms with van der Waals surface area (Å²) in [6.07, 6.45) is 1.19. The average molecular weight is 545 g/mol. The fourth-order valence-corrected chi connectivity index (χ4v) is 5.04. The number of aliphatic hydroxyl groups is 1. The molecule has 3 aromatic rings. The number of fused-ring (bicyclic) bond motifs is 2. The third-order valence-electron chi connectivity index (χ3n) is 7.73. The summed E-state index contributed by atoms with van der Waals surface area (Å²) >= 11 is 0. The number of hydrogen-bond donors (Lipinski definition) is 3. The highest BCUT2D eigenvalue weighted by molar-refractivity contribution is 6.03. The maximum atomic E-state index is 13.6. The van der Waals surface area contributed by atoms with Gasteiger partial charge in [0.25, 0.3) is 5.91 Å². The van der Waals surface area contributed by atoms with Gasteiger partial charge in [-0.25, -0.2) is 4.79 Å². The number of carbonyl (C=O) groups excluding carboxylic acids is 3. The van der Waals surface area contributed by atoms with Gasteiger partial charge >= 0.3 is 6.03 Å². The van der Waals surface area contributed by atoms with E-state index in [1.165, 1.54) is 0 Å². The zero-order valence-electron chi connectivity index (χ0n) is 23.1. The van der Waals surface area contributed by atoms with Crippen molar-refractivity contribution in [2.45, 2.75) is 38.8 Å². The Morgan fingerprint density at radius 1 is 1.05 bits per heavy atom. The Morgan fingerprint density at radius 2 is 1.75 bits per heavy atom. The van der Waals surface area contributed by atoms with Crippen molar-refractivity contribution in [1.29, 1.82) is 0 Å². The van der Waals surface area contributed by atoms with Crippen LogP contribution in [0.3, 0.4) is 0 Å². The smallest absolute Gasteiger partial charge is 0.321 e. The predicted molar refractivity (Wildman–Crippen MR) is 155 cm³/mol. The predicted octanol–water partition coefficient (Wildman–Crippen LogP) is 4.57. The molecule has 9 nitrogen and oxygen atoms in total. The first-order valence-electron chi connectivity index (χ1n) is 13.8. The van der Waals surface area contributed by atoms with E-state index in [1.54, 1.807) is 42.0 Å². The number of urea groups is 1. The molecule has 0 unspecified atom stereocenters. The van der Waals surface area contributed by atoms with Crippen LogP contribution in [0.2, 0.25) is 0 Å². The Bertz CT molecular complexity index is 1420. The Labute approximate surface area is 234 Å². The summed E-state index contributed by atoms with van der Waals surface area (Å²) < 4.78 is 6.51. The van der Waals surface area contributed by atoms with Gasteiger partial charge in [-0.15, -0.1) is 0 Å². The highest BCUT2D eigenvalue weighted by Crippen LogP contribution is 2.37. The van der Waals surface area contributed by atoms with Gasteiger partial charge in [-0.1, -0.05) is 49.4 Å². The molecule has 1 aliphatic carbocycles. The van der Waals surface area contributed by atoms with Crippen molar-refractivity contribution in [2.24, 2.45) is 11.8 Å². The van der Waals surface area contributed by atoms with Gasteiger partial charge in [-0.2, -0.15) is 0 Å². The first kappa shape index (κ1) is 27.5. The SMILES string of the molecule is C[C@@H]1CN([C@H](C)CO)C(=O)c2cccc(NC(=O)C3CC3)c2O[C@@H]1CN(C)C(=O)Nc1cccc2ccccc12.